The van der Waals surface area contributed by atoms with Crippen molar-refractivity contribution in [3.8, 4) is 5.88 Å². The number of methoxy groups -OCH3 is 1. The Bertz CT molecular complexity index is 639. The third-order valence-corrected chi connectivity index (χ3v) is 4.02. The summed E-state index contributed by atoms with van der Waals surface area (Å²) < 4.78 is 5.03. The van der Waals surface area contributed by atoms with Crippen LogP contribution in [0.5, 0.6) is 5.88 Å². The van der Waals surface area contributed by atoms with Gasteiger partial charge in [-0.1, -0.05) is 38.1 Å². The van der Waals surface area contributed by atoms with E-state index in [0.717, 1.165) is 25.1 Å². The lowest BCUT2D eigenvalue weighted by atomic mass is 10.0. The van der Waals surface area contributed by atoms with Crippen molar-refractivity contribution in [1.82, 2.24) is 10.3 Å². The summed E-state index contributed by atoms with van der Waals surface area (Å²) in [5.74, 6) is 1.17. The highest BCUT2D eigenvalue weighted by molar-refractivity contribution is 7.80. The number of nitrogens with one attached hydrogen (secondary N) is 2. The molecule has 0 bridgehead atoms. The number of benzene rings is 1. The Morgan fingerprint density at radius 2 is 1.92 bits per heavy atom. The molecule has 2 N–H and O–H groups in total. The number of pyridine rings is 1. The minimum Gasteiger partial charge on any atom is -0.481 e. The van der Waals surface area contributed by atoms with Crippen LogP contribution in [0.3, 0.4) is 0 Å². The minimum atomic E-state index is 0.580. The molecule has 128 valence electrons. The quantitative estimate of drug-likeness (QED) is 0.584. The van der Waals surface area contributed by atoms with Crippen molar-refractivity contribution in [2.24, 2.45) is 0 Å². The summed E-state index contributed by atoms with van der Waals surface area (Å²) in [6, 6.07) is 12.6. The molecule has 1 aromatic carbocycles. The van der Waals surface area contributed by atoms with Gasteiger partial charge in [0.2, 0.25) is 5.88 Å². The van der Waals surface area contributed by atoms with Crippen molar-refractivity contribution in [1.29, 1.82) is 0 Å². The molecule has 0 saturated carbocycles. The summed E-state index contributed by atoms with van der Waals surface area (Å²) in [7, 11) is 1.60. The van der Waals surface area contributed by atoms with Crippen molar-refractivity contribution < 1.29 is 4.74 Å². The number of hydrogen-bond acceptors (Lipinski definition) is 3. The van der Waals surface area contributed by atoms with Crippen molar-refractivity contribution in [2.45, 2.75) is 32.6 Å². The van der Waals surface area contributed by atoms with Gasteiger partial charge in [0.05, 0.1) is 19.0 Å². The standard InChI is InChI=1S/C19H25N3OS/c1-14(2)16-8-6-15(7-9-16)5-4-12-20-19(24)22-17-10-11-18(23-3)21-13-17/h6-11,13-14H,4-5,12H2,1-3H3,(H2,20,22,24). The highest BCUT2D eigenvalue weighted by Gasteiger charge is 2.01. The van der Waals surface area contributed by atoms with E-state index in [1.807, 2.05) is 6.07 Å². The van der Waals surface area contributed by atoms with Gasteiger partial charge in [-0.05, 0) is 48.2 Å². The van der Waals surface area contributed by atoms with Gasteiger partial charge >= 0.3 is 0 Å². The van der Waals surface area contributed by atoms with Gasteiger partial charge in [-0.15, -0.1) is 0 Å². The largest absolute Gasteiger partial charge is 0.481 e. The second-order valence-electron chi connectivity index (χ2n) is 5.97. The predicted molar refractivity (Wildman–Crippen MR) is 104 cm³/mol. The van der Waals surface area contributed by atoms with E-state index < -0.39 is 0 Å². The summed E-state index contributed by atoms with van der Waals surface area (Å²) >= 11 is 5.29. The zero-order valence-corrected chi connectivity index (χ0v) is 15.3. The molecule has 0 aliphatic carbocycles. The van der Waals surface area contributed by atoms with E-state index in [2.05, 4.69) is 53.7 Å². The monoisotopic (exact) mass is 343 g/mol. The first kappa shape index (κ1) is 18.2. The topological polar surface area (TPSA) is 46.2 Å². The summed E-state index contributed by atoms with van der Waals surface area (Å²) in [6.45, 7) is 5.26. The number of nitrogens with zero attached hydrogens (tertiary/aromatic N) is 1. The van der Waals surface area contributed by atoms with Crippen LogP contribution in [0.4, 0.5) is 5.69 Å². The summed E-state index contributed by atoms with van der Waals surface area (Å²) in [6.07, 6.45) is 3.77. The second kappa shape index (κ2) is 9.23. The molecule has 0 aliphatic rings. The first-order valence-electron chi connectivity index (χ1n) is 8.22. The van der Waals surface area contributed by atoms with E-state index in [1.165, 1.54) is 11.1 Å². The molecule has 1 aromatic heterocycles. The van der Waals surface area contributed by atoms with Gasteiger partial charge in [-0.3, -0.25) is 0 Å². The van der Waals surface area contributed by atoms with Gasteiger partial charge in [-0.25, -0.2) is 4.98 Å². The molecule has 0 spiro atoms. The third kappa shape index (κ3) is 5.81. The van der Waals surface area contributed by atoms with Crippen LogP contribution < -0.4 is 15.4 Å². The molecule has 2 rings (SSSR count). The summed E-state index contributed by atoms with van der Waals surface area (Å²) in [4.78, 5) is 4.13. The van der Waals surface area contributed by atoms with Crippen LogP contribution in [-0.2, 0) is 6.42 Å². The van der Waals surface area contributed by atoms with E-state index >= 15 is 0 Å². The molecule has 2 aromatic rings. The van der Waals surface area contributed by atoms with Crippen LogP contribution in [0, 0.1) is 0 Å². The molecule has 1 heterocycles. The molecule has 0 amide bonds. The van der Waals surface area contributed by atoms with Crippen LogP contribution in [0.15, 0.2) is 42.6 Å². The molecule has 4 nitrogen and oxygen atoms in total. The Morgan fingerprint density at radius 3 is 2.50 bits per heavy atom. The Labute approximate surface area is 149 Å². The molecule has 5 heteroatoms. The number of anilines is 1. The molecular weight excluding hydrogens is 318 g/mol. The zero-order chi connectivity index (χ0) is 17.4. The SMILES string of the molecule is COc1ccc(NC(=S)NCCCc2ccc(C(C)C)cc2)cn1. The minimum absolute atomic E-state index is 0.580. The lowest BCUT2D eigenvalue weighted by molar-refractivity contribution is 0.398. The number of ether oxygens (including phenoxy) is 1. The van der Waals surface area contributed by atoms with E-state index in [1.54, 1.807) is 19.4 Å². The van der Waals surface area contributed by atoms with E-state index in [-0.39, 0.29) is 0 Å². The van der Waals surface area contributed by atoms with Crippen LogP contribution in [-0.4, -0.2) is 23.8 Å². The number of aromatic nitrogens is 1. The van der Waals surface area contributed by atoms with Gasteiger partial charge in [0.25, 0.3) is 0 Å². The highest BCUT2D eigenvalue weighted by atomic mass is 32.1. The van der Waals surface area contributed by atoms with Gasteiger partial charge < -0.3 is 15.4 Å². The second-order valence-corrected chi connectivity index (χ2v) is 6.38. The van der Waals surface area contributed by atoms with Crippen LogP contribution >= 0.6 is 12.2 Å². The van der Waals surface area contributed by atoms with Crippen molar-refractivity contribution in [3.63, 3.8) is 0 Å². The molecule has 0 unspecified atom stereocenters. The summed E-state index contributed by atoms with van der Waals surface area (Å²) in [5, 5.41) is 6.94. The molecule has 24 heavy (non-hydrogen) atoms. The fraction of sp³-hybridized carbons (Fsp3) is 0.368. The van der Waals surface area contributed by atoms with E-state index in [4.69, 9.17) is 17.0 Å². The molecular formula is C19H25N3OS. The van der Waals surface area contributed by atoms with Gasteiger partial charge in [0.1, 0.15) is 0 Å². The normalized spacial score (nSPS) is 10.5. The predicted octanol–water partition coefficient (Wildman–Crippen LogP) is 4.13. The Hall–Kier alpha value is -2.14. The lowest BCUT2D eigenvalue weighted by Gasteiger charge is -2.11. The fourth-order valence-electron chi connectivity index (χ4n) is 2.31. The first-order valence-corrected chi connectivity index (χ1v) is 8.63. The molecule has 0 radical (unpaired) electrons. The maximum Gasteiger partial charge on any atom is 0.213 e. The molecule has 0 fully saturated rings. The molecule has 0 atom stereocenters. The van der Waals surface area contributed by atoms with Gasteiger partial charge in [0, 0.05) is 12.6 Å². The lowest BCUT2D eigenvalue weighted by Crippen LogP contribution is -2.29. The van der Waals surface area contributed by atoms with Crippen molar-refractivity contribution >= 4 is 23.0 Å². The number of rotatable bonds is 7. The molecule has 0 saturated heterocycles. The smallest absolute Gasteiger partial charge is 0.213 e. The van der Waals surface area contributed by atoms with Gasteiger partial charge in [0.15, 0.2) is 5.11 Å². The average molecular weight is 343 g/mol. The summed E-state index contributed by atoms with van der Waals surface area (Å²) in [5.41, 5.74) is 3.59. The van der Waals surface area contributed by atoms with Crippen LogP contribution in [0.1, 0.15) is 37.3 Å². The van der Waals surface area contributed by atoms with E-state index in [9.17, 15) is 0 Å². The van der Waals surface area contributed by atoms with Crippen molar-refractivity contribution in [2.75, 3.05) is 19.0 Å². The Kier molecular flexibility index (Phi) is 7.00. The van der Waals surface area contributed by atoms with E-state index in [0.29, 0.717) is 16.9 Å². The maximum atomic E-state index is 5.29. The average Bonchev–Trinajstić information content (AvgIpc) is 2.60. The number of thiocarbonyl (C=S) groups is 1. The Balaban J connectivity index is 1.68. The maximum absolute atomic E-state index is 5.29. The van der Waals surface area contributed by atoms with Gasteiger partial charge in [-0.2, -0.15) is 0 Å². The van der Waals surface area contributed by atoms with Crippen LogP contribution in [0.2, 0.25) is 0 Å². The third-order valence-electron chi connectivity index (χ3n) is 3.78. The first-order chi connectivity index (χ1) is 11.6. The fourth-order valence-corrected chi connectivity index (χ4v) is 2.53. The number of hydrogen-bond donors (Lipinski definition) is 2. The Morgan fingerprint density at radius 1 is 1.17 bits per heavy atom. The van der Waals surface area contributed by atoms with Crippen LogP contribution in [0.25, 0.3) is 0 Å². The highest BCUT2D eigenvalue weighted by Crippen LogP contribution is 2.15. The zero-order valence-electron chi connectivity index (χ0n) is 14.5. The van der Waals surface area contributed by atoms with Crippen molar-refractivity contribution in [3.05, 3.63) is 53.7 Å². The number of aryl methyl sites for hydroxylation is 1. The molecule has 0 aliphatic heterocycles.